The second-order valence-electron chi connectivity index (χ2n) is 5.85. The van der Waals surface area contributed by atoms with E-state index in [4.69, 9.17) is 0 Å². The summed E-state index contributed by atoms with van der Waals surface area (Å²) in [6, 6.07) is 1.96. The van der Waals surface area contributed by atoms with Gasteiger partial charge in [-0.3, -0.25) is 9.69 Å². The Bertz CT molecular complexity index is 459. The minimum atomic E-state index is 0.274. The van der Waals surface area contributed by atoms with Crippen LogP contribution in [0.5, 0.6) is 0 Å². The van der Waals surface area contributed by atoms with Gasteiger partial charge in [0, 0.05) is 11.0 Å². The summed E-state index contributed by atoms with van der Waals surface area (Å²) in [5.74, 6) is 2.06. The molecule has 104 valence electrons. The van der Waals surface area contributed by atoms with Gasteiger partial charge in [0.25, 0.3) is 0 Å². The Morgan fingerprint density at radius 3 is 2.84 bits per heavy atom. The molecule has 2 fully saturated rings. The monoisotopic (exact) mass is 341 g/mol. The van der Waals surface area contributed by atoms with Crippen molar-refractivity contribution in [3.05, 3.63) is 20.8 Å². The molecule has 1 saturated heterocycles. The zero-order valence-corrected chi connectivity index (χ0v) is 13.5. The minimum Gasteiger partial charge on any atom is -0.295 e. The number of thiophene rings is 1. The Morgan fingerprint density at radius 1 is 1.32 bits per heavy atom. The summed E-state index contributed by atoms with van der Waals surface area (Å²) in [5, 5.41) is 1.98. The summed E-state index contributed by atoms with van der Waals surface area (Å²) in [7, 11) is 0. The number of rotatable bonds is 3. The van der Waals surface area contributed by atoms with Gasteiger partial charge in [0.15, 0.2) is 5.78 Å². The Hall–Kier alpha value is -0.190. The van der Waals surface area contributed by atoms with Crippen LogP contribution in [0.2, 0.25) is 0 Å². The van der Waals surface area contributed by atoms with E-state index in [0.717, 1.165) is 34.3 Å². The van der Waals surface area contributed by atoms with Crippen LogP contribution in [0, 0.1) is 11.8 Å². The predicted octanol–water partition coefficient (Wildman–Crippen LogP) is 4.21. The zero-order valence-electron chi connectivity index (χ0n) is 11.1. The van der Waals surface area contributed by atoms with E-state index in [9.17, 15) is 4.79 Å². The van der Waals surface area contributed by atoms with Gasteiger partial charge in [-0.2, -0.15) is 0 Å². The van der Waals surface area contributed by atoms with Gasteiger partial charge >= 0.3 is 0 Å². The number of fused-ring (bicyclic) bond motifs is 1. The molecular formula is C15H20BrNOS. The molecule has 0 aromatic carbocycles. The van der Waals surface area contributed by atoms with Gasteiger partial charge in [-0.15, -0.1) is 11.3 Å². The first-order valence-corrected chi connectivity index (χ1v) is 8.90. The molecule has 2 heterocycles. The van der Waals surface area contributed by atoms with Gasteiger partial charge in [-0.05, 0) is 58.6 Å². The van der Waals surface area contributed by atoms with Crippen LogP contribution >= 0.6 is 27.3 Å². The molecule has 1 aliphatic carbocycles. The van der Waals surface area contributed by atoms with Crippen LogP contribution in [0.1, 0.15) is 41.8 Å². The lowest BCUT2D eigenvalue weighted by molar-refractivity contribution is 0.0715. The number of carbonyl (C=O) groups is 1. The molecule has 0 amide bonds. The summed E-state index contributed by atoms with van der Waals surface area (Å²) >= 11 is 5.00. The van der Waals surface area contributed by atoms with Crippen molar-refractivity contribution in [2.24, 2.45) is 11.8 Å². The van der Waals surface area contributed by atoms with Crippen molar-refractivity contribution >= 4 is 33.0 Å². The number of hydrogen-bond acceptors (Lipinski definition) is 3. The molecule has 3 rings (SSSR count). The highest BCUT2D eigenvalue weighted by Gasteiger charge is 2.31. The molecule has 2 aliphatic rings. The van der Waals surface area contributed by atoms with Gasteiger partial charge in [-0.25, -0.2) is 0 Å². The summed E-state index contributed by atoms with van der Waals surface area (Å²) in [6.45, 7) is 2.84. The lowest BCUT2D eigenvalue weighted by Crippen LogP contribution is -2.43. The number of nitrogens with zero attached hydrogens (tertiary/aromatic N) is 1. The van der Waals surface area contributed by atoms with Crippen molar-refractivity contribution in [1.82, 2.24) is 4.90 Å². The summed E-state index contributed by atoms with van der Waals surface area (Å²) in [6.07, 6.45) is 6.90. The van der Waals surface area contributed by atoms with Gasteiger partial charge < -0.3 is 0 Å². The maximum absolute atomic E-state index is 12.3. The van der Waals surface area contributed by atoms with Gasteiger partial charge in [0.1, 0.15) is 0 Å². The third-order valence-electron chi connectivity index (χ3n) is 4.61. The topological polar surface area (TPSA) is 20.3 Å². The van der Waals surface area contributed by atoms with Crippen molar-refractivity contribution in [3.8, 4) is 0 Å². The van der Waals surface area contributed by atoms with E-state index in [2.05, 4.69) is 20.8 Å². The van der Waals surface area contributed by atoms with Crippen LogP contribution in [0.15, 0.2) is 15.9 Å². The number of halogens is 1. The fourth-order valence-electron chi connectivity index (χ4n) is 3.59. The predicted molar refractivity (Wildman–Crippen MR) is 82.9 cm³/mol. The first kappa shape index (κ1) is 13.8. The molecule has 1 aromatic rings. The second-order valence-corrected chi connectivity index (χ2v) is 7.62. The van der Waals surface area contributed by atoms with Crippen molar-refractivity contribution in [2.75, 3.05) is 19.6 Å². The van der Waals surface area contributed by atoms with Crippen molar-refractivity contribution < 1.29 is 4.79 Å². The second kappa shape index (κ2) is 6.06. The molecule has 0 bridgehead atoms. The Labute approximate surface area is 127 Å². The zero-order chi connectivity index (χ0) is 13.2. The minimum absolute atomic E-state index is 0.274. The lowest BCUT2D eigenvalue weighted by atomic mass is 9.75. The van der Waals surface area contributed by atoms with Gasteiger partial charge in [0.2, 0.25) is 0 Å². The van der Waals surface area contributed by atoms with E-state index in [0.29, 0.717) is 6.54 Å². The summed E-state index contributed by atoms with van der Waals surface area (Å²) in [4.78, 5) is 15.5. The maximum Gasteiger partial charge on any atom is 0.187 e. The van der Waals surface area contributed by atoms with Gasteiger partial charge in [-0.1, -0.05) is 19.3 Å². The Kier molecular flexibility index (Phi) is 4.40. The molecular weight excluding hydrogens is 322 g/mol. The van der Waals surface area contributed by atoms with E-state index in [-0.39, 0.29) is 5.78 Å². The molecule has 2 unspecified atom stereocenters. The lowest BCUT2D eigenvalue weighted by Gasteiger charge is -2.41. The third kappa shape index (κ3) is 3.11. The van der Waals surface area contributed by atoms with E-state index in [1.165, 1.54) is 32.1 Å². The fraction of sp³-hybridized carbons (Fsp3) is 0.667. The molecule has 0 N–H and O–H groups in total. The number of carbonyl (C=O) groups excluding carboxylic acids is 1. The quantitative estimate of drug-likeness (QED) is 0.767. The smallest absolute Gasteiger partial charge is 0.187 e. The Balaban J connectivity index is 1.59. The molecule has 0 radical (unpaired) electrons. The van der Waals surface area contributed by atoms with Crippen LogP contribution in [0.3, 0.4) is 0 Å². The largest absolute Gasteiger partial charge is 0.295 e. The average Bonchev–Trinajstić information content (AvgIpc) is 2.85. The summed E-state index contributed by atoms with van der Waals surface area (Å²) in [5.41, 5.74) is 0. The van der Waals surface area contributed by atoms with Crippen molar-refractivity contribution in [2.45, 2.75) is 32.1 Å². The number of hydrogen-bond donors (Lipinski definition) is 0. The normalized spacial score (nSPS) is 28.1. The average molecular weight is 342 g/mol. The highest BCUT2D eigenvalue weighted by atomic mass is 79.9. The SMILES string of the molecule is O=C(CN1CCC2CCCCC2C1)c1sccc1Br. The molecule has 2 nitrogen and oxygen atoms in total. The van der Waals surface area contributed by atoms with Crippen molar-refractivity contribution in [1.29, 1.82) is 0 Å². The molecule has 1 aliphatic heterocycles. The van der Waals surface area contributed by atoms with Gasteiger partial charge in [0.05, 0.1) is 11.4 Å². The number of likely N-dealkylation sites (tertiary alicyclic amines) is 1. The highest BCUT2D eigenvalue weighted by molar-refractivity contribution is 9.10. The number of ketones is 1. The maximum atomic E-state index is 12.3. The fourth-order valence-corrected chi connectivity index (χ4v) is 5.11. The van der Waals surface area contributed by atoms with Crippen LogP contribution < -0.4 is 0 Å². The Morgan fingerprint density at radius 2 is 2.11 bits per heavy atom. The van der Waals surface area contributed by atoms with Crippen LogP contribution in [-0.4, -0.2) is 30.3 Å². The van der Waals surface area contributed by atoms with Crippen molar-refractivity contribution in [3.63, 3.8) is 0 Å². The van der Waals surface area contributed by atoms with Crippen LogP contribution in [0.25, 0.3) is 0 Å². The third-order valence-corrected chi connectivity index (χ3v) is 6.49. The number of piperidine rings is 1. The highest BCUT2D eigenvalue weighted by Crippen LogP contribution is 2.36. The first-order valence-electron chi connectivity index (χ1n) is 7.22. The van der Waals surface area contributed by atoms with Crippen LogP contribution in [-0.2, 0) is 0 Å². The standard InChI is InChI=1S/C15H20BrNOS/c16-13-6-8-19-15(13)14(18)10-17-7-5-11-3-1-2-4-12(11)9-17/h6,8,11-12H,1-5,7,9-10H2. The number of Topliss-reactive ketones (excluding diaryl/α,β-unsaturated/α-hetero) is 1. The molecule has 1 aromatic heterocycles. The van der Waals surface area contributed by atoms with E-state index >= 15 is 0 Å². The van der Waals surface area contributed by atoms with E-state index < -0.39 is 0 Å². The molecule has 1 saturated carbocycles. The molecule has 19 heavy (non-hydrogen) atoms. The molecule has 2 atom stereocenters. The molecule has 4 heteroatoms. The van der Waals surface area contributed by atoms with Crippen LogP contribution in [0.4, 0.5) is 0 Å². The summed E-state index contributed by atoms with van der Waals surface area (Å²) < 4.78 is 0.954. The van der Waals surface area contributed by atoms with E-state index in [1.54, 1.807) is 11.3 Å². The molecule has 0 spiro atoms. The first-order chi connectivity index (χ1) is 9.24. The van der Waals surface area contributed by atoms with E-state index in [1.807, 2.05) is 11.4 Å².